The fourth-order valence-corrected chi connectivity index (χ4v) is 3.27. The number of fused-ring (bicyclic) bond motifs is 1. The van der Waals surface area contributed by atoms with Crippen molar-refractivity contribution in [2.45, 2.75) is 26.3 Å². The van der Waals surface area contributed by atoms with Gasteiger partial charge >= 0.3 is 0 Å². The Morgan fingerprint density at radius 2 is 2.27 bits per heavy atom. The molecule has 1 aromatic heterocycles. The Hall–Kier alpha value is -2.39. The van der Waals surface area contributed by atoms with Crippen molar-refractivity contribution in [2.24, 2.45) is 10.9 Å². The number of rotatable bonds is 3. The molecule has 1 aliphatic rings. The van der Waals surface area contributed by atoms with Gasteiger partial charge in [-0.25, -0.2) is 0 Å². The number of hydrogen-bond acceptors (Lipinski definition) is 3. The Balaban J connectivity index is 2.10. The molecule has 0 aliphatic heterocycles. The molecule has 0 unspecified atom stereocenters. The molecule has 5 nitrogen and oxygen atoms in total. The highest BCUT2D eigenvalue weighted by Gasteiger charge is 2.29. The zero-order valence-corrected chi connectivity index (χ0v) is 12.9. The average Bonchev–Trinajstić information content (AvgIpc) is 3.25. The lowest BCUT2D eigenvalue weighted by molar-refractivity contribution is -0.119. The van der Waals surface area contributed by atoms with E-state index in [9.17, 15) is 9.59 Å². The second-order valence-corrected chi connectivity index (χ2v) is 6.27. The number of nitrogens with zero attached hydrogens (tertiary/aromatic N) is 2. The molecule has 1 heterocycles. The number of amides is 2. The van der Waals surface area contributed by atoms with Crippen LogP contribution < -0.4 is 10.1 Å². The molecule has 112 valence electrons. The van der Waals surface area contributed by atoms with Crippen LogP contribution in [-0.2, 0) is 16.1 Å². The fraction of sp³-hybridized carbons (Fsp3) is 0.312. The predicted octanol–water partition coefficient (Wildman–Crippen LogP) is 2.13. The third-order valence-electron chi connectivity index (χ3n) is 3.38. The smallest absolute Gasteiger partial charge is 0.251 e. The second-order valence-electron chi connectivity index (χ2n) is 5.26. The van der Waals surface area contributed by atoms with Gasteiger partial charge in [0.25, 0.3) is 5.91 Å². The summed E-state index contributed by atoms with van der Waals surface area (Å²) in [5.74, 6) is 2.49. The van der Waals surface area contributed by atoms with Crippen molar-refractivity contribution in [3.05, 3.63) is 23.0 Å². The Labute approximate surface area is 131 Å². The van der Waals surface area contributed by atoms with Gasteiger partial charge in [0.05, 0.1) is 16.8 Å². The average molecular weight is 313 g/mol. The lowest BCUT2D eigenvalue weighted by Crippen LogP contribution is -2.16. The number of benzene rings is 1. The summed E-state index contributed by atoms with van der Waals surface area (Å²) in [4.78, 5) is 27.9. The van der Waals surface area contributed by atoms with Crippen LogP contribution in [0.15, 0.2) is 23.2 Å². The van der Waals surface area contributed by atoms with Gasteiger partial charge in [0.1, 0.15) is 0 Å². The minimum absolute atomic E-state index is 0.0700. The third kappa shape index (κ3) is 2.95. The van der Waals surface area contributed by atoms with E-state index in [1.807, 2.05) is 22.8 Å². The quantitative estimate of drug-likeness (QED) is 0.882. The van der Waals surface area contributed by atoms with Gasteiger partial charge in [-0.05, 0) is 31.0 Å². The van der Waals surface area contributed by atoms with Crippen molar-refractivity contribution in [1.82, 2.24) is 4.57 Å². The molecule has 1 aliphatic carbocycles. The molecule has 6 heteroatoms. The first kappa shape index (κ1) is 14.5. The van der Waals surface area contributed by atoms with E-state index in [1.165, 1.54) is 18.3 Å². The number of anilines is 1. The van der Waals surface area contributed by atoms with E-state index in [1.54, 1.807) is 0 Å². The Morgan fingerprint density at radius 3 is 2.91 bits per heavy atom. The van der Waals surface area contributed by atoms with Crippen molar-refractivity contribution in [3.8, 4) is 12.3 Å². The van der Waals surface area contributed by atoms with Gasteiger partial charge in [-0.1, -0.05) is 17.3 Å². The van der Waals surface area contributed by atoms with Crippen LogP contribution in [0.3, 0.4) is 0 Å². The molecule has 22 heavy (non-hydrogen) atoms. The Bertz CT molecular complexity index is 866. The van der Waals surface area contributed by atoms with E-state index < -0.39 is 0 Å². The van der Waals surface area contributed by atoms with E-state index >= 15 is 0 Å². The minimum atomic E-state index is -0.124. The van der Waals surface area contributed by atoms with E-state index in [2.05, 4.69) is 16.2 Å². The lowest BCUT2D eigenvalue weighted by atomic mass is 10.3. The van der Waals surface area contributed by atoms with Crippen LogP contribution >= 0.6 is 11.3 Å². The van der Waals surface area contributed by atoms with Crippen LogP contribution in [0.4, 0.5) is 5.69 Å². The molecule has 1 saturated carbocycles. The topological polar surface area (TPSA) is 63.5 Å². The summed E-state index contributed by atoms with van der Waals surface area (Å²) in [5.41, 5.74) is 1.63. The van der Waals surface area contributed by atoms with Gasteiger partial charge in [-0.2, -0.15) is 4.99 Å². The molecular weight excluding hydrogens is 298 g/mol. The minimum Gasteiger partial charge on any atom is -0.326 e. The number of carbonyl (C=O) groups is 2. The number of carbonyl (C=O) groups excluding carboxylic acids is 2. The van der Waals surface area contributed by atoms with E-state index in [0.717, 1.165) is 23.1 Å². The van der Waals surface area contributed by atoms with Crippen LogP contribution in [0.5, 0.6) is 0 Å². The molecule has 1 aromatic carbocycles. The number of hydrogen-bond donors (Lipinski definition) is 1. The van der Waals surface area contributed by atoms with Gasteiger partial charge in [-0.3, -0.25) is 9.59 Å². The number of aromatic nitrogens is 1. The van der Waals surface area contributed by atoms with Crippen molar-refractivity contribution in [3.63, 3.8) is 0 Å². The van der Waals surface area contributed by atoms with Crippen molar-refractivity contribution < 1.29 is 9.59 Å². The Morgan fingerprint density at radius 1 is 1.50 bits per heavy atom. The van der Waals surface area contributed by atoms with E-state index in [0.29, 0.717) is 17.0 Å². The second kappa shape index (κ2) is 5.78. The van der Waals surface area contributed by atoms with Gasteiger partial charge in [0.15, 0.2) is 4.80 Å². The van der Waals surface area contributed by atoms with Crippen molar-refractivity contribution in [2.75, 3.05) is 5.32 Å². The fourth-order valence-electron chi connectivity index (χ4n) is 2.20. The maximum absolute atomic E-state index is 11.9. The van der Waals surface area contributed by atoms with Crippen molar-refractivity contribution in [1.29, 1.82) is 0 Å². The van der Waals surface area contributed by atoms with Crippen LogP contribution in [0.25, 0.3) is 10.2 Å². The molecule has 0 radical (unpaired) electrons. The van der Waals surface area contributed by atoms with Crippen LogP contribution in [0, 0.1) is 18.3 Å². The van der Waals surface area contributed by atoms with Crippen LogP contribution in [0.2, 0.25) is 0 Å². The molecule has 1 fully saturated rings. The number of terminal acetylenes is 1. The van der Waals surface area contributed by atoms with Gasteiger partial charge in [0, 0.05) is 18.5 Å². The first-order valence-electron chi connectivity index (χ1n) is 7.01. The normalized spacial score (nSPS) is 14.8. The highest BCUT2D eigenvalue weighted by molar-refractivity contribution is 7.16. The monoisotopic (exact) mass is 313 g/mol. The molecule has 0 bridgehead atoms. The summed E-state index contributed by atoms with van der Waals surface area (Å²) in [6, 6.07) is 5.57. The first-order valence-corrected chi connectivity index (χ1v) is 7.83. The summed E-state index contributed by atoms with van der Waals surface area (Å²) in [5, 5.41) is 2.75. The third-order valence-corrected chi connectivity index (χ3v) is 4.43. The maximum Gasteiger partial charge on any atom is 0.251 e. The van der Waals surface area contributed by atoms with E-state index in [4.69, 9.17) is 6.42 Å². The first-order chi connectivity index (χ1) is 10.6. The molecule has 0 saturated heterocycles. The van der Waals surface area contributed by atoms with Gasteiger partial charge in [0.2, 0.25) is 5.91 Å². The molecule has 1 N–H and O–H groups in total. The molecule has 0 atom stereocenters. The maximum atomic E-state index is 11.9. The molecule has 2 amide bonds. The zero-order valence-electron chi connectivity index (χ0n) is 12.1. The largest absolute Gasteiger partial charge is 0.326 e. The van der Waals surface area contributed by atoms with Crippen LogP contribution in [0.1, 0.15) is 19.8 Å². The summed E-state index contributed by atoms with van der Waals surface area (Å²) in [6.07, 6.45) is 7.28. The molecule has 0 spiro atoms. The number of nitrogens with one attached hydrogen (secondary N) is 1. The van der Waals surface area contributed by atoms with E-state index in [-0.39, 0.29) is 17.7 Å². The molecule has 2 aromatic rings. The van der Waals surface area contributed by atoms with Gasteiger partial charge in [-0.15, -0.1) is 6.42 Å². The van der Waals surface area contributed by atoms with Crippen LogP contribution in [-0.4, -0.2) is 16.4 Å². The molecular formula is C16H15N3O2S. The SMILES string of the molecule is C#CCn1c(=NC(=O)C2CC2)sc2cc(NC(C)=O)ccc21. The Kier molecular flexibility index (Phi) is 3.82. The summed E-state index contributed by atoms with van der Waals surface area (Å²) >= 11 is 1.41. The highest BCUT2D eigenvalue weighted by atomic mass is 32.1. The van der Waals surface area contributed by atoms with Crippen molar-refractivity contribution >= 4 is 39.1 Å². The lowest BCUT2D eigenvalue weighted by Gasteiger charge is -2.03. The molecule has 3 rings (SSSR count). The summed E-state index contributed by atoms with van der Waals surface area (Å²) < 4.78 is 2.79. The summed E-state index contributed by atoms with van der Waals surface area (Å²) in [6.45, 7) is 1.82. The standard InChI is InChI=1S/C16H15N3O2S/c1-3-8-19-13-7-6-12(17-10(2)20)9-14(13)22-16(19)18-15(21)11-4-5-11/h1,6-7,9,11H,4-5,8H2,2H3,(H,17,20). The predicted molar refractivity (Wildman–Crippen MR) is 86.2 cm³/mol. The highest BCUT2D eigenvalue weighted by Crippen LogP contribution is 2.30. The van der Waals surface area contributed by atoms with Gasteiger partial charge < -0.3 is 9.88 Å². The number of thiazole rings is 1. The zero-order chi connectivity index (χ0) is 15.7. The summed E-state index contributed by atoms with van der Waals surface area (Å²) in [7, 11) is 0.